The van der Waals surface area contributed by atoms with Crippen molar-refractivity contribution in [1.29, 1.82) is 0 Å². The van der Waals surface area contributed by atoms with Crippen molar-refractivity contribution in [3.05, 3.63) is 64.1 Å². The number of methoxy groups -OCH3 is 1. The van der Waals surface area contributed by atoms with Crippen molar-refractivity contribution in [3.8, 4) is 17.1 Å². The van der Waals surface area contributed by atoms with Crippen molar-refractivity contribution < 1.29 is 9.53 Å². The molecular formula is C20H17Cl3N4O2S. The highest BCUT2D eigenvalue weighted by molar-refractivity contribution is 7.99. The van der Waals surface area contributed by atoms with Gasteiger partial charge in [0.05, 0.1) is 34.2 Å². The first kappa shape index (κ1) is 22.5. The minimum Gasteiger partial charge on any atom is -0.496 e. The zero-order valence-electron chi connectivity index (χ0n) is 15.9. The normalized spacial score (nSPS) is 10.7. The van der Waals surface area contributed by atoms with Gasteiger partial charge in [0.2, 0.25) is 5.91 Å². The van der Waals surface area contributed by atoms with Gasteiger partial charge in [-0.25, -0.2) is 0 Å². The molecule has 0 unspecified atom stereocenters. The molecule has 0 bridgehead atoms. The van der Waals surface area contributed by atoms with Crippen LogP contribution < -0.4 is 10.1 Å². The highest BCUT2D eigenvalue weighted by atomic mass is 35.5. The third-order valence-corrected chi connectivity index (χ3v) is 6.01. The Morgan fingerprint density at radius 2 is 2.07 bits per heavy atom. The van der Waals surface area contributed by atoms with Crippen LogP contribution in [0.2, 0.25) is 15.1 Å². The molecule has 0 spiro atoms. The minimum absolute atomic E-state index is 0.102. The van der Waals surface area contributed by atoms with Gasteiger partial charge >= 0.3 is 0 Å². The Labute approximate surface area is 193 Å². The lowest BCUT2D eigenvalue weighted by Crippen LogP contribution is -2.15. The lowest BCUT2D eigenvalue weighted by Gasteiger charge is -2.11. The van der Waals surface area contributed by atoms with Gasteiger partial charge in [-0.3, -0.25) is 9.36 Å². The van der Waals surface area contributed by atoms with Crippen LogP contribution in [0.3, 0.4) is 0 Å². The molecule has 30 heavy (non-hydrogen) atoms. The van der Waals surface area contributed by atoms with E-state index in [4.69, 9.17) is 39.5 Å². The Morgan fingerprint density at radius 3 is 2.80 bits per heavy atom. The lowest BCUT2D eigenvalue weighted by molar-refractivity contribution is -0.113. The third kappa shape index (κ3) is 5.10. The molecule has 3 rings (SSSR count). The summed E-state index contributed by atoms with van der Waals surface area (Å²) < 4.78 is 7.26. The fourth-order valence-corrected chi connectivity index (χ4v) is 3.93. The number of carbonyl (C=O) groups excluding carboxylic acids is 1. The second kappa shape index (κ2) is 10.2. The number of halogens is 3. The Morgan fingerprint density at radius 1 is 1.27 bits per heavy atom. The van der Waals surface area contributed by atoms with Gasteiger partial charge < -0.3 is 10.1 Å². The smallest absolute Gasteiger partial charge is 0.234 e. The summed E-state index contributed by atoms with van der Waals surface area (Å²) in [4.78, 5) is 12.4. The van der Waals surface area contributed by atoms with E-state index in [1.54, 1.807) is 49.6 Å². The van der Waals surface area contributed by atoms with Crippen molar-refractivity contribution >= 4 is 58.2 Å². The van der Waals surface area contributed by atoms with Gasteiger partial charge in [-0.1, -0.05) is 58.7 Å². The summed E-state index contributed by atoms with van der Waals surface area (Å²) in [5.74, 6) is 1.03. The zero-order valence-corrected chi connectivity index (χ0v) is 18.9. The average Bonchev–Trinajstić information content (AvgIpc) is 3.12. The van der Waals surface area contributed by atoms with E-state index in [1.807, 2.05) is 4.57 Å². The number of anilines is 1. The maximum absolute atomic E-state index is 12.4. The van der Waals surface area contributed by atoms with Crippen molar-refractivity contribution in [2.75, 3.05) is 18.2 Å². The first-order valence-corrected chi connectivity index (χ1v) is 10.8. The summed E-state index contributed by atoms with van der Waals surface area (Å²) in [5.41, 5.74) is 1.15. The van der Waals surface area contributed by atoms with Crippen molar-refractivity contribution in [2.24, 2.45) is 0 Å². The van der Waals surface area contributed by atoms with Gasteiger partial charge in [0.1, 0.15) is 5.75 Å². The number of amides is 1. The third-order valence-electron chi connectivity index (χ3n) is 3.99. The van der Waals surface area contributed by atoms with Crippen LogP contribution in [0.15, 0.2) is 54.2 Å². The van der Waals surface area contributed by atoms with E-state index in [0.717, 1.165) is 0 Å². The van der Waals surface area contributed by atoms with Gasteiger partial charge in [-0.2, -0.15) is 0 Å². The Bertz CT molecular complexity index is 1090. The summed E-state index contributed by atoms with van der Waals surface area (Å²) in [7, 11) is 1.57. The van der Waals surface area contributed by atoms with E-state index in [9.17, 15) is 4.79 Å². The van der Waals surface area contributed by atoms with E-state index >= 15 is 0 Å². The molecule has 0 aliphatic heterocycles. The second-order valence-electron chi connectivity index (χ2n) is 5.99. The van der Waals surface area contributed by atoms with Gasteiger partial charge in [-0.05, 0) is 30.3 Å². The number of benzene rings is 2. The van der Waals surface area contributed by atoms with Gasteiger partial charge in [0, 0.05) is 11.6 Å². The molecule has 1 amide bonds. The number of nitrogens with zero attached hydrogens (tertiary/aromatic N) is 3. The molecule has 0 aliphatic carbocycles. The predicted molar refractivity (Wildman–Crippen MR) is 123 cm³/mol. The number of ether oxygens (including phenoxy) is 1. The first-order valence-electron chi connectivity index (χ1n) is 8.69. The summed E-state index contributed by atoms with van der Waals surface area (Å²) in [6.45, 7) is 4.24. The monoisotopic (exact) mass is 482 g/mol. The molecule has 0 aliphatic rings. The molecule has 10 heteroatoms. The molecule has 3 aromatic rings. The van der Waals surface area contributed by atoms with Gasteiger partial charge in [-0.15, -0.1) is 16.8 Å². The number of aromatic nitrogens is 3. The fourth-order valence-electron chi connectivity index (χ4n) is 2.66. The van der Waals surface area contributed by atoms with Crippen LogP contribution in [0.25, 0.3) is 11.4 Å². The highest BCUT2D eigenvalue weighted by Crippen LogP contribution is 2.34. The van der Waals surface area contributed by atoms with Gasteiger partial charge in [0.15, 0.2) is 11.0 Å². The Balaban J connectivity index is 1.80. The molecule has 2 aromatic carbocycles. The zero-order chi connectivity index (χ0) is 21.7. The van der Waals surface area contributed by atoms with Crippen molar-refractivity contribution in [1.82, 2.24) is 14.8 Å². The molecule has 0 atom stereocenters. The number of hydrogen-bond acceptors (Lipinski definition) is 5. The van der Waals surface area contributed by atoms with Crippen LogP contribution in [0.4, 0.5) is 5.69 Å². The number of allylic oxidation sites excluding steroid dienone is 1. The maximum Gasteiger partial charge on any atom is 0.234 e. The molecular weight excluding hydrogens is 467 g/mol. The molecule has 156 valence electrons. The molecule has 0 radical (unpaired) electrons. The molecule has 0 saturated heterocycles. The quantitative estimate of drug-likeness (QED) is 0.322. The first-order chi connectivity index (χ1) is 14.4. The van der Waals surface area contributed by atoms with Crippen LogP contribution in [-0.4, -0.2) is 33.5 Å². The highest BCUT2D eigenvalue weighted by Gasteiger charge is 2.19. The molecule has 6 nitrogen and oxygen atoms in total. The predicted octanol–water partition coefficient (Wildman–Crippen LogP) is 5.83. The van der Waals surface area contributed by atoms with E-state index in [2.05, 4.69) is 22.1 Å². The largest absolute Gasteiger partial charge is 0.496 e. The van der Waals surface area contributed by atoms with Crippen LogP contribution >= 0.6 is 46.6 Å². The molecule has 0 fully saturated rings. The molecule has 1 N–H and O–H groups in total. The van der Waals surface area contributed by atoms with E-state index in [-0.39, 0.29) is 11.7 Å². The number of carbonyl (C=O) groups is 1. The fraction of sp³-hybridized carbons (Fsp3) is 0.150. The van der Waals surface area contributed by atoms with Gasteiger partial charge in [0.25, 0.3) is 0 Å². The van der Waals surface area contributed by atoms with Crippen molar-refractivity contribution in [3.63, 3.8) is 0 Å². The van der Waals surface area contributed by atoms with E-state index < -0.39 is 0 Å². The number of thioether (sulfide) groups is 1. The average molecular weight is 484 g/mol. The van der Waals surface area contributed by atoms with E-state index in [1.165, 1.54) is 11.8 Å². The SMILES string of the molecule is C=CCn1c(SCC(=O)Nc2cccc(Cl)c2Cl)nnc1-c1cc(Cl)ccc1OC. The second-order valence-corrected chi connectivity index (χ2v) is 8.15. The lowest BCUT2D eigenvalue weighted by atomic mass is 10.2. The summed E-state index contributed by atoms with van der Waals surface area (Å²) in [6, 6.07) is 10.3. The van der Waals surface area contributed by atoms with Crippen LogP contribution in [0.1, 0.15) is 0 Å². The van der Waals surface area contributed by atoms with Crippen LogP contribution in [-0.2, 0) is 11.3 Å². The summed E-state index contributed by atoms with van der Waals surface area (Å²) in [5, 5.41) is 13.0. The van der Waals surface area contributed by atoms with Crippen LogP contribution in [0, 0.1) is 0 Å². The number of nitrogens with one attached hydrogen (secondary N) is 1. The van der Waals surface area contributed by atoms with E-state index in [0.29, 0.717) is 49.6 Å². The standard InChI is InChI=1S/C20H17Cl3N4O2S/c1-3-9-27-19(13-10-12(21)7-8-16(13)29-2)25-26-20(27)30-11-17(28)24-15-6-4-5-14(22)18(15)23/h3-8,10H,1,9,11H2,2H3,(H,24,28). The topological polar surface area (TPSA) is 69.0 Å². The Kier molecular flexibility index (Phi) is 7.66. The summed E-state index contributed by atoms with van der Waals surface area (Å²) >= 11 is 19.5. The molecule has 1 heterocycles. The number of rotatable bonds is 8. The summed E-state index contributed by atoms with van der Waals surface area (Å²) in [6.07, 6.45) is 1.72. The maximum atomic E-state index is 12.4. The Hall–Kier alpha value is -2.19. The molecule has 0 saturated carbocycles. The minimum atomic E-state index is -0.251. The molecule has 1 aromatic heterocycles. The van der Waals surface area contributed by atoms with Crippen molar-refractivity contribution in [2.45, 2.75) is 11.7 Å². The number of hydrogen-bond donors (Lipinski definition) is 1. The van der Waals surface area contributed by atoms with Crippen LogP contribution in [0.5, 0.6) is 5.75 Å².